The first-order valence-electron chi connectivity index (χ1n) is 13.1. The van der Waals surface area contributed by atoms with Crippen molar-refractivity contribution in [2.75, 3.05) is 0 Å². The number of carbonyl (C=O) groups is 2. The molecule has 0 saturated heterocycles. The minimum atomic E-state index is -2.22. The first-order valence-corrected chi connectivity index (χ1v) is 13.1. The van der Waals surface area contributed by atoms with Gasteiger partial charge >= 0.3 is 0 Å². The summed E-state index contributed by atoms with van der Waals surface area (Å²) in [6.45, 7) is 0. The molecule has 4 aromatic rings. The number of ketones is 2. The molecule has 6 rings (SSSR count). The second-order valence-electron chi connectivity index (χ2n) is 10.5. The second kappa shape index (κ2) is 10.1. The highest BCUT2D eigenvalue weighted by molar-refractivity contribution is 6.07. The predicted molar refractivity (Wildman–Crippen MR) is 149 cm³/mol. The number of carbonyl (C=O) groups excluding carboxylic acids is 2. The number of phenolic OH excluding ortho intramolecular Hbond substituents is 10. The second-order valence-corrected chi connectivity index (χ2v) is 10.5. The molecule has 0 bridgehead atoms. The first kappa shape index (κ1) is 29.8. The van der Waals surface area contributed by atoms with Crippen LogP contribution in [-0.2, 0) is 0 Å². The molecule has 2 aliphatic heterocycles. The van der Waals surface area contributed by atoms with E-state index in [1.807, 2.05) is 0 Å². The van der Waals surface area contributed by atoms with Crippen molar-refractivity contribution in [3.63, 3.8) is 0 Å². The molecule has 16 nitrogen and oxygen atoms in total. The van der Waals surface area contributed by atoms with Gasteiger partial charge in [-0.25, -0.2) is 0 Å². The van der Waals surface area contributed by atoms with Crippen LogP contribution in [0.25, 0.3) is 11.1 Å². The Morgan fingerprint density at radius 3 is 1.13 bits per heavy atom. The summed E-state index contributed by atoms with van der Waals surface area (Å²) >= 11 is 0. The Hall–Kier alpha value is -6.26. The molecule has 12 N–H and O–H groups in total. The minimum Gasteiger partial charge on any atom is -0.508 e. The van der Waals surface area contributed by atoms with Gasteiger partial charge in [0.05, 0.1) is 0 Å². The number of ether oxygens (including phenoxy) is 2. The van der Waals surface area contributed by atoms with Gasteiger partial charge in [0, 0.05) is 46.5 Å². The third-order valence-electron chi connectivity index (χ3n) is 7.68. The third kappa shape index (κ3) is 4.23. The lowest BCUT2D eigenvalue weighted by Gasteiger charge is -2.34. The molecular weight excluding hydrogens is 616 g/mol. The van der Waals surface area contributed by atoms with Crippen LogP contribution in [0.3, 0.4) is 0 Å². The largest absolute Gasteiger partial charge is 0.508 e. The maximum atomic E-state index is 13.1. The van der Waals surface area contributed by atoms with Gasteiger partial charge in [0.2, 0.25) is 23.1 Å². The quantitative estimate of drug-likeness (QED) is 0.142. The Labute approximate surface area is 255 Å². The summed E-state index contributed by atoms with van der Waals surface area (Å²) in [6.07, 6.45) is -8.36. The molecule has 238 valence electrons. The van der Waals surface area contributed by atoms with E-state index < -0.39 is 138 Å². The Morgan fingerprint density at radius 2 is 0.783 bits per heavy atom. The van der Waals surface area contributed by atoms with Crippen molar-refractivity contribution in [3.05, 3.63) is 58.7 Å². The maximum Gasteiger partial charge on any atom is 0.202 e. The average Bonchev–Trinajstić information content (AvgIpc) is 2.98. The van der Waals surface area contributed by atoms with Crippen molar-refractivity contribution >= 4 is 11.6 Å². The standard InChI is InChI=1S/C30H22O16/c31-7-1-11(33)19-15(3-7)45-29(27(43)25(19)41)9-5-13(35)21(37)23(39)17(9)18-10(6-14(36)22(38)24(18)40)30-28(44)26(42)20-12(34)2-8(32)4-16(20)46-30/h1-6,27-40,43-44H. The topological polar surface area (TPSA) is 295 Å². The van der Waals surface area contributed by atoms with Crippen molar-refractivity contribution in [2.45, 2.75) is 24.4 Å². The molecule has 0 spiro atoms. The van der Waals surface area contributed by atoms with Gasteiger partial charge in [0.1, 0.15) is 45.6 Å². The van der Waals surface area contributed by atoms with E-state index >= 15 is 0 Å². The monoisotopic (exact) mass is 638 g/mol. The molecule has 2 heterocycles. The molecule has 16 heteroatoms. The van der Waals surface area contributed by atoms with E-state index in [9.17, 15) is 70.9 Å². The third-order valence-corrected chi connectivity index (χ3v) is 7.68. The number of Topliss-reactive ketones (excluding diaryl/α,β-unsaturated/α-hetero) is 2. The van der Waals surface area contributed by atoms with Crippen molar-refractivity contribution in [3.8, 4) is 80.1 Å². The molecule has 4 unspecified atom stereocenters. The number of rotatable bonds is 3. The lowest BCUT2D eigenvalue weighted by Crippen LogP contribution is -2.37. The SMILES string of the molecule is O=C1c2c(O)cc(O)cc2OC(c2cc(O)c(O)c(O)c2-c2c(C3Oc4cc(O)cc(O)c4C(=O)C3O)cc(O)c(O)c2O)C1O. The Kier molecular flexibility index (Phi) is 6.57. The summed E-state index contributed by atoms with van der Waals surface area (Å²) in [4.78, 5) is 26.3. The summed E-state index contributed by atoms with van der Waals surface area (Å²) in [5, 5.41) is 126. The van der Waals surface area contributed by atoms with Crippen LogP contribution >= 0.6 is 0 Å². The lowest BCUT2D eigenvalue weighted by atomic mass is 9.83. The van der Waals surface area contributed by atoms with E-state index in [-0.39, 0.29) is 0 Å². The molecule has 4 aromatic carbocycles. The zero-order valence-corrected chi connectivity index (χ0v) is 22.8. The Bertz CT molecular complexity index is 1860. The van der Waals surface area contributed by atoms with Gasteiger partial charge in [0.25, 0.3) is 0 Å². The van der Waals surface area contributed by atoms with Crippen LogP contribution in [0.1, 0.15) is 44.1 Å². The van der Waals surface area contributed by atoms with Crippen LogP contribution in [0, 0.1) is 0 Å². The number of hydrogen-bond acceptors (Lipinski definition) is 16. The molecular formula is C30H22O16. The Morgan fingerprint density at radius 1 is 0.435 bits per heavy atom. The summed E-state index contributed by atoms with van der Waals surface area (Å²) in [5.74, 6) is -13.0. The number of hydrogen-bond donors (Lipinski definition) is 12. The highest BCUT2D eigenvalue weighted by Crippen LogP contribution is 2.57. The molecule has 0 saturated carbocycles. The highest BCUT2D eigenvalue weighted by atomic mass is 16.5. The van der Waals surface area contributed by atoms with Gasteiger partial charge in [-0.3, -0.25) is 9.59 Å². The van der Waals surface area contributed by atoms with Gasteiger partial charge in [-0.1, -0.05) is 0 Å². The summed E-state index contributed by atoms with van der Waals surface area (Å²) < 4.78 is 11.4. The fraction of sp³-hybridized carbons (Fsp3) is 0.133. The van der Waals surface area contributed by atoms with Crippen molar-refractivity contribution in [1.29, 1.82) is 0 Å². The molecule has 0 fully saturated rings. The van der Waals surface area contributed by atoms with Crippen LogP contribution in [0.4, 0.5) is 0 Å². The number of aromatic hydroxyl groups is 10. The highest BCUT2D eigenvalue weighted by Gasteiger charge is 2.45. The van der Waals surface area contributed by atoms with E-state index in [1.54, 1.807) is 0 Å². The van der Waals surface area contributed by atoms with Crippen LogP contribution < -0.4 is 9.47 Å². The number of benzene rings is 4. The van der Waals surface area contributed by atoms with Gasteiger partial charge in [-0.2, -0.15) is 0 Å². The lowest BCUT2D eigenvalue weighted by molar-refractivity contribution is 0.0202. The molecule has 0 amide bonds. The summed E-state index contributed by atoms with van der Waals surface area (Å²) in [6, 6.07) is 4.80. The van der Waals surface area contributed by atoms with Crippen LogP contribution in [0.2, 0.25) is 0 Å². The van der Waals surface area contributed by atoms with Crippen LogP contribution in [-0.4, -0.2) is 85.1 Å². The Balaban J connectivity index is 1.63. The van der Waals surface area contributed by atoms with E-state index in [0.29, 0.717) is 12.1 Å². The summed E-state index contributed by atoms with van der Waals surface area (Å²) in [5.41, 5.74) is -3.84. The number of phenols is 10. The van der Waals surface area contributed by atoms with Crippen LogP contribution in [0.15, 0.2) is 36.4 Å². The van der Waals surface area contributed by atoms with E-state index in [0.717, 1.165) is 24.3 Å². The minimum absolute atomic E-state index is 0.471. The molecule has 46 heavy (non-hydrogen) atoms. The molecule has 0 aliphatic carbocycles. The number of fused-ring (bicyclic) bond motifs is 2. The molecule has 4 atom stereocenters. The van der Waals surface area contributed by atoms with Gasteiger partial charge in [-0.15, -0.1) is 0 Å². The smallest absolute Gasteiger partial charge is 0.202 e. The normalized spacial score (nSPS) is 20.4. The summed E-state index contributed by atoms with van der Waals surface area (Å²) in [7, 11) is 0. The van der Waals surface area contributed by atoms with Gasteiger partial charge < -0.3 is 70.8 Å². The van der Waals surface area contributed by atoms with Crippen molar-refractivity contribution in [1.82, 2.24) is 0 Å². The molecule has 0 radical (unpaired) electrons. The van der Waals surface area contributed by atoms with E-state index in [1.165, 1.54) is 0 Å². The van der Waals surface area contributed by atoms with Crippen LogP contribution in [0.5, 0.6) is 69.0 Å². The fourth-order valence-corrected chi connectivity index (χ4v) is 5.60. The predicted octanol–water partition coefficient (Wildman–Crippen LogP) is 1.76. The molecule has 2 aliphatic rings. The average molecular weight is 638 g/mol. The van der Waals surface area contributed by atoms with Gasteiger partial charge in [-0.05, 0) is 12.1 Å². The van der Waals surface area contributed by atoms with Crippen molar-refractivity contribution < 1.29 is 80.3 Å². The van der Waals surface area contributed by atoms with Gasteiger partial charge in [0.15, 0.2) is 47.4 Å². The zero-order chi connectivity index (χ0) is 33.5. The van der Waals surface area contributed by atoms with Crippen molar-refractivity contribution in [2.24, 2.45) is 0 Å². The van der Waals surface area contributed by atoms with E-state index in [4.69, 9.17) is 9.47 Å². The van der Waals surface area contributed by atoms with E-state index in [2.05, 4.69) is 0 Å². The molecule has 0 aromatic heterocycles. The fourth-order valence-electron chi connectivity index (χ4n) is 5.60. The first-order chi connectivity index (χ1) is 21.6. The maximum absolute atomic E-state index is 13.1. The number of aliphatic hydroxyl groups excluding tert-OH is 2. The zero-order valence-electron chi connectivity index (χ0n) is 22.8. The number of aliphatic hydroxyl groups is 2.